The molecule has 2 aromatic rings. The van der Waals surface area contributed by atoms with Crippen LogP contribution in [0.2, 0.25) is 5.28 Å². The van der Waals surface area contributed by atoms with Crippen molar-refractivity contribution in [2.75, 3.05) is 5.32 Å². The molecule has 2 heterocycles. The van der Waals surface area contributed by atoms with E-state index in [1.165, 1.54) is 0 Å². The highest BCUT2D eigenvalue weighted by Crippen LogP contribution is 2.20. The first-order chi connectivity index (χ1) is 7.20. The lowest BCUT2D eigenvalue weighted by atomic mass is 10.4. The first kappa shape index (κ1) is 10.6. The van der Waals surface area contributed by atoms with Crippen molar-refractivity contribution in [1.29, 1.82) is 0 Å². The minimum atomic E-state index is 0.199. The summed E-state index contributed by atoms with van der Waals surface area (Å²) in [5, 5.41) is 3.42. The van der Waals surface area contributed by atoms with Crippen LogP contribution < -0.4 is 5.32 Å². The molecule has 15 heavy (non-hydrogen) atoms. The Morgan fingerprint density at radius 1 is 1.60 bits per heavy atom. The number of nitrogens with zero attached hydrogens (tertiary/aromatic N) is 3. The molecule has 0 bridgehead atoms. The van der Waals surface area contributed by atoms with Crippen LogP contribution >= 0.6 is 20.8 Å². The number of hydrogen-bond acceptors (Lipinski definition) is 4. The molecule has 0 amide bonds. The van der Waals surface area contributed by atoms with E-state index >= 15 is 0 Å². The molecule has 80 valence electrons. The molecule has 2 atom stereocenters. The third-order valence-electron chi connectivity index (χ3n) is 2.02. The zero-order valence-corrected chi connectivity index (χ0v) is 10.1. The summed E-state index contributed by atoms with van der Waals surface area (Å²) in [4.78, 5) is 15.1. The van der Waals surface area contributed by atoms with Crippen molar-refractivity contribution in [1.82, 2.24) is 19.9 Å². The van der Waals surface area contributed by atoms with Crippen molar-refractivity contribution in [3.05, 3.63) is 11.6 Å². The molecule has 0 radical (unpaired) electrons. The number of rotatable bonds is 3. The highest BCUT2D eigenvalue weighted by molar-refractivity contribution is 7.17. The number of halogens is 1. The van der Waals surface area contributed by atoms with Crippen LogP contribution in [0.3, 0.4) is 0 Å². The van der Waals surface area contributed by atoms with Gasteiger partial charge in [0.1, 0.15) is 5.52 Å². The van der Waals surface area contributed by atoms with Gasteiger partial charge in [-0.25, -0.2) is 4.98 Å². The summed E-state index contributed by atoms with van der Waals surface area (Å²) in [5.74, 6) is 0.937. The summed E-state index contributed by atoms with van der Waals surface area (Å²) in [6.07, 6.45) is 2.55. The van der Waals surface area contributed by atoms with Crippen LogP contribution in [-0.2, 0) is 0 Å². The van der Waals surface area contributed by atoms with Gasteiger partial charge in [0.05, 0.1) is 6.33 Å². The molecular weight excluding hydrogens is 233 g/mol. The van der Waals surface area contributed by atoms with Crippen molar-refractivity contribution >= 4 is 37.8 Å². The SMILES string of the molecule is CC[C@H](P)Nc1nc(Cl)nc2nc[nH]c12. The minimum absolute atomic E-state index is 0.199. The summed E-state index contributed by atoms with van der Waals surface area (Å²) in [6.45, 7) is 2.08. The molecule has 2 aromatic heterocycles. The maximum Gasteiger partial charge on any atom is 0.226 e. The molecule has 0 aliphatic rings. The van der Waals surface area contributed by atoms with Gasteiger partial charge in [-0.2, -0.15) is 9.97 Å². The quantitative estimate of drug-likeness (QED) is 0.639. The van der Waals surface area contributed by atoms with Crippen LogP contribution in [0, 0.1) is 0 Å². The lowest BCUT2D eigenvalue weighted by Crippen LogP contribution is -2.11. The van der Waals surface area contributed by atoms with E-state index < -0.39 is 0 Å². The fourth-order valence-electron chi connectivity index (χ4n) is 1.19. The van der Waals surface area contributed by atoms with Crippen molar-refractivity contribution in [2.24, 2.45) is 0 Å². The molecule has 1 unspecified atom stereocenters. The van der Waals surface area contributed by atoms with E-state index in [9.17, 15) is 0 Å². The normalized spacial score (nSPS) is 13.0. The lowest BCUT2D eigenvalue weighted by molar-refractivity contribution is 0.911. The third kappa shape index (κ3) is 2.19. The van der Waals surface area contributed by atoms with E-state index in [0.29, 0.717) is 11.5 Å². The van der Waals surface area contributed by atoms with Gasteiger partial charge in [-0.1, -0.05) is 6.92 Å². The molecule has 0 aliphatic heterocycles. The van der Waals surface area contributed by atoms with Crippen LogP contribution in [0.1, 0.15) is 13.3 Å². The number of hydrogen-bond donors (Lipinski definition) is 2. The molecule has 0 fully saturated rings. The number of imidazole rings is 1. The molecule has 0 aromatic carbocycles. The summed E-state index contributed by atoms with van der Waals surface area (Å²) in [5.41, 5.74) is 1.35. The van der Waals surface area contributed by atoms with E-state index in [1.807, 2.05) is 0 Å². The van der Waals surface area contributed by atoms with Gasteiger partial charge < -0.3 is 10.3 Å². The van der Waals surface area contributed by atoms with Crippen molar-refractivity contribution in [3.63, 3.8) is 0 Å². The van der Waals surface area contributed by atoms with Crippen LogP contribution in [0.15, 0.2) is 6.33 Å². The van der Waals surface area contributed by atoms with Gasteiger partial charge in [0, 0.05) is 5.78 Å². The fourth-order valence-corrected chi connectivity index (χ4v) is 1.51. The van der Waals surface area contributed by atoms with Gasteiger partial charge in [-0.05, 0) is 18.0 Å². The molecule has 0 saturated carbocycles. The minimum Gasteiger partial charge on any atom is -0.362 e. The Labute approximate surface area is 94.3 Å². The van der Waals surface area contributed by atoms with Gasteiger partial charge >= 0.3 is 0 Å². The highest BCUT2D eigenvalue weighted by Gasteiger charge is 2.10. The number of nitrogens with one attached hydrogen (secondary N) is 2. The molecule has 0 spiro atoms. The van der Waals surface area contributed by atoms with Gasteiger partial charge in [0.25, 0.3) is 0 Å². The first-order valence-corrected chi connectivity index (χ1v) is 5.64. The van der Waals surface area contributed by atoms with Gasteiger partial charge in [-0.3, -0.25) is 0 Å². The van der Waals surface area contributed by atoms with Crippen LogP contribution in [0.25, 0.3) is 11.2 Å². The molecule has 0 saturated heterocycles. The fraction of sp³-hybridized carbons (Fsp3) is 0.375. The standard InChI is InChI=1S/C8H11ClN5P/c1-2-4(15)12-7-5-6(11-3-10-5)13-8(9)14-7/h3-4H,2,15H2,1H3,(H2,10,11,12,13,14)/t4-/m0/s1. The Hall–Kier alpha value is -0.930. The number of aromatic nitrogens is 4. The Bertz CT molecular complexity index is 471. The molecular formula is C8H11ClN5P. The van der Waals surface area contributed by atoms with Crippen molar-refractivity contribution in [2.45, 2.75) is 19.1 Å². The lowest BCUT2D eigenvalue weighted by Gasteiger charge is -2.11. The first-order valence-electron chi connectivity index (χ1n) is 4.59. The Kier molecular flexibility index (Phi) is 3.03. The zero-order valence-electron chi connectivity index (χ0n) is 8.16. The number of anilines is 1. The molecule has 0 aliphatic carbocycles. The molecule has 2 N–H and O–H groups in total. The van der Waals surface area contributed by atoms with Gasteiger partial charge in [0.15, 0.2) is 11.5 Å². The predicted octanol–water partition coefficient (Wildman–Crippen LogP) is 2.03. The van der Waals surface area contributed by atoms with Crippen LogP contribution in [-0.4, -0.2) is 25.7 Å². The number of aromatic amines is 1. The van der Waals surface area contributed by atoms with Gasteiger partial charge in [0.2, 0.25) is 5.28 Å². The van der Waals surface area contributed by atoms with E-state index in [4.69, 9.17) is 11.6 Å². The summed E-state index contributed by atoms with van der Waals surface area (Å²) in [6, 6.07) is 0. The predicted molar refractivity (Wildman–Crippen MR) is 64.1 cm³/mol. The van der Waals surface area contributed by atoms with Crippen LogP contribution in [0.5, 0.6) is 0 Å². The second kappa shape index (κ2) is 4.29. The summed E-state index contributed by atoms with van der Waals surface area (Å²) < 4.78 is 0. The highest BCUT2D eigenvalue weighted by atomic mass is 35.5. The van der Waals surface area contributed by atoms with Gasteiger partial charge in [-0.15, -0.1) is 9.24 Å². The average molecular weight is 244 g/mol. The Morgan fingerprint density at radius 2 is 2.40 bits per heavy atom. The second-order valence-electron chi connectivity index (χ2n) is 3.10. The van der Waals surface area contributed by atoms with Crippen LogP contribution in [0.4, 0.5) is 5.82 Å². The maximum absolute atomic E-state index is 5.78. The Morgan fingerprint density at radius 3 is 3.13 bits per heavy atom. The summed E-state index contributed by atoms with van der Waals surface area (Å²) in [7, 11) is 2.70. The third-order valence-corrected chi connectivity index (χ3v) is 2.83. The number of fused-ring (bicyclic) bond motifs is 1. The topological polar surface area (TPSA) is 66.5 Å². The van der Waals surface area contributed by atoms with E-state index in [1.54, 1.807) is 6.33 Å². The van der Waals surface area contributed by atoms with E-state index in [0.717, 1.165) is 11.9 Å². The smallest absolute Gasteiger partial charge is 0.226 e. The monoisotopic (exact) mass is 243 g/mol. The van der Waals surface area contributed by atoms with E-state index in [2.05, 4.69) is 41.4 Å². The van der Waals surface area contributed by atoms with Crippen molar-refractivity contribution in [3.8, 4) is 0 Å². The second-order valence-corrected chi connectivity index (χ2v) is 4.24. The summed E-state index contributed by atoms with van der Waals surface area (Å²) >= 11 is 5.78. The zero-order chi connectivity index (χ0) is 10.8. The average Bonchev–Trinajstić information content (AvgIpc) is 2.65. The Balaban J connectivity index is 2.44. The maximum atomic E-state index is 5.78. The molecule has 7 heteroatoms. The molecule has 5 nitrogen and oxygen atoms in total. The number of H-pyrrole nitrogens is 1. The largest absolute Gasteiger partial charge is 0.362 e. The molecule has 2 rings (SSSR count). The van der Waals surface area contributed by atoms with Crippen molar-refractivity contribution < 1.29 is 0 Å². The van der Waals surface area contributed by atoms with E-state index in [-0.39, 0.29) is 11.1 Å².